The molecule has 0 aliphatic heterocycles. The predicted octanol–water partition coefficient (Wildman–Crippen LogP) is 8.35. The highest BCUT2D eigenvalue weighted by atomic mass is 31.2. The monoisotopic (exact) mass is 1000 g/mol. The predicted molar refractivity (Wildman–Crippen MR) is 260 cm³/mol. The molecule has 19 heteroatoms. The standard InChI is InChI=1S/C49H78O17P2/c1-3-5-7-8-9-10-11-12-13-14-15-16-19-23-26-29-33-37-43(52)64-41(39-63-68(60,61)66-49-46(55)44(53)45(54)48(47(49)56)65-67(57,58)59)38-62-42(51)36-32-28-25-22-20-17-18-21-24-27-31-35-40(50)34-30-6-4-2/h9-10,12-13,15-18,22-27,31,35,41,44-49,53-56H,3-8,11,14,19-21,28-30,32-34,36-39H2,1-2H3,(H,60,61)(H2,57,58,59)/b10-9-,13-12-,16-15-,18-17-,25-22-,26-23-,27-24-,35-31+/t41-,44?,45?,46?,47?,48-,49+/m1/s1. The maximum absolute atomic E-state index is 13.0. The third-order valence-electron chi connectivity index (χ3n) is 10.1. The highest BCUT2D eigenvalue weighted by Crippen LogP contribution is 2.49. The molecular formula is C49H78O17P2. The molecule has 386 valence electrons. The average molecular weight is 1000 g/mol. The lowest BCUT2D eigenvalue weighted by molar-refractivity contribution is -0.216. The lowest BCUT2D eigenvalue weighted by Crippen LogP contribution is -2.64. The smallest absolute Gasteiger partial charge is 0.462 e. The first-order valence-corrected chi connectivity index (χ1v) is 26.8. The van der Waals surface area contributed by atoms with Crippen LogP contribution in [0.3, 0.4) is 0 Å². The molecule has 8 atom stereocenters. The summed E-state index contributed by atoms with van der Waals surface area (Å²) >= 11 is 0. The van der Waals surface area contributed by atoms with Crippen LogP contribution >= 0.6 is 15.6 Å². The summed E-state index contributed by atoms with van der Waals surface area (Å²) < 4.78 is 49.2. The van der Waals surface area contributed by atoms with Gasteiger partial charge in [0.05, 0.1) is 6.61 Å². The van der Waals surface area contributed by atoms with Crippen molar-refractivity contribution >= 4 is 33.4 Å². The molecular weight excluding hydrogens is 922 g/mol. The highest BCUT2D eigenvalue weighted by Gasteiger charge is 2.54. The molecule has 1 aliphatic rings. The molecule has 17 nitrogen and oxygen atoms in total. The second kappa shape index (κ2) is 38.4. The number of aliphatic hydroxyl groups excluding tert-OH is 4. The number of rotatable bonds is 38. The normalized spacial score (nSPS) is 22.0. The number of allylic oxidation sites excluding steroid dienone is 16. The molecule has 0 aromatic heterocycles. The van der Waals surface area contributed by atoms with Gasteiger partial charge in [0.1, 0.15) is 43.2 Å². The van der Waals surface area contributed by atoms with Gasteiger partial charge in [-0.3, -0.25) is 28.0 Å². The summed E-state index contributed by atoms with van der Waals surface area (Å²) in [5.41, 5.74) is 0. The van der Waals surface area contributed by atoms with E-state index in [4.69, 9.17) is 18.5 Å². The first-order chi connectivity index (χ1) is 32.5. The number of phosphoric ester groups is 2. The third kappa shape index (κ3) is 32.4. The number of hydrogen-bond donors (Lipinski definition) is 7. The van der Waals surface area contributed by atoms with Crippen molar-refractivity contribution in [3.8, 4) is 0 Å². The summed E-state index contributed by atoms with van der Waals surface area (Å²) in [4.78, 5) is 66.0. The van der Waals surface area contributed by atoms with Gasteiger partial charge in [0.2, 0.25) is 0 Å². The van der Waals surface area contributed by atoms with Crippen molar-refractivity contribution in [1.29, 1.82) is 0 Å². The summed E-state index contributed by atoms with van der Waals surface area (Å²) in [6.45, 7) is 2.81. The van der Waals surface area contributed by atoms with Crippen molar-refractivity contribution < 1.29 is 81.7 Å². The van der Waals surface area contributed by atoms with Gasteiger partial charge in [-0.25, -0.2) is 9.13 Å². The minimum atomic E-state index is -5.39. The van der Waals surface area contributed by atoms with E-state index in [0.717, 1.165) is 38.5 Å². The van der Waals surface area contributed by atoms with E-state index in [-0.39, 0.29) is 18.6 Å². The quantitative estimate of drug-likeness (QED) is 0.00764. The number of unbranched alkanes of at least 4 members (excludes halogenated alkanes) is 7. The van der Waals surface area contributed by atoms with Crippen LogP contribution < -0.4 is 0 Å². The minimum Gasteiger partial charge on any atom is -0.462 e. The fourth-order valence-electron chi connectivity index (χ4n) is 6.38. The van der Waals surface area contributed by atoms with Gasteiger partial charge in [-0.1, -0.05) is 131 Å². The third-order valence-corrected chi connectivity index (χ3v) is 11.6. The van der Waals surface area contributed by atoms with E-state index in [9.17, 15) is 58.6 Å². The summed E-state index contributed by atoms with van der Waals surface area (Å²) in [6.07, 6.45) is 30.7. The SMILES string of the molecule is CCCCC/C=C\C/C=C\C/C=C\C/C=C\CCCC(=O)O[C@H](COC(=O)CCC/C=C\C/C=C\C/C=C\C=C\C(=O)CCCCC)COP(=O)(O)O[C@H]1C(O)C(O)C(O)[C@@H](OP(=O)(O)O)C1O. The Morgan fingerprint density at radius 2 is 0.985 bits per heavy atom. The Hall–Kier alpha value is -3.41. The van der Waals surface area contributed by atoms with E-state index >= 15 is 0 Å². The highest BCUT2D eigenvalue weighted by molar-refractivity contribution is 7.47. The van der Waals surface area contributed by atoms with Crippen LogP contribution in [-0.2, 0) is 46.6 Å². The molecule has 7 N–H and O–H groups in total. The Morgan fingerprint density at radius 1 is 0.515 bits per heavy atom. The van der Waals surface area contributed by atoms with Gasteiger partial charge in [0.25, 0.3) is 0 Å². The molecule has 0 radical (unpaired) electrons. The fraction of sp³-hybridized carbons (Fsp3) is 0.612. The van der Waals surface area contributed by atoms with E-state index in [1.807, 2.05) is 54.7 Å². The summed E-state index contributed by atoms with van der Waals surface area (Å²) in [6, 6.07) is 0. The molecule has 1 saturated carbocycles. The topological polar surface area (TPSA) is 273 Å². The Labute approximate surface area is 402 Å². The lowest BCUT2D eigenvalue weighted by atomic mass is 9.85. The van der Waals surface area contributed by atoms with Gasteiger partial charge in [0, 0.05) is 19.3 Å². The van der Waals surface area contributed by atoms with Gasteiger partial charge in [-0.15, -0.1) is 0 Å². The van der Waals surface area contributed by atoms with Crippen LogP contribution in [0, 0.1) is 0 Å². The number of hydrogen-bond acceptors (Lipinski definition) is 14. The van der Waals surface area contributed by atoms with Crippen molar-refractivity contribution in [2.75, 3.05) is 13.2 Å². The maximum Gasteiger partial charge on any atom is 0.472 e. The zero-order chi connectivity index (χ0) is 50.5. The van der Waals surface area contributed by atoms with E-state index in [2.05, 4.69) is 48.8 Å². The summed E-state index contributed by atoms with van der Waals surface area (Å²) in [7, 11) is -10.7. The molecule has 1 aliphatic carbocycles. The molecule has 1 rings (SSSR count). The lowest BCUT2D eigenvalue weighted by Gasteiger charge is -2.43. The molecule has 0 bridgehead atoms. The van der Waals surface area contributed by atoms with E-state index in [1.165, 1.54) is 19.3 Å². The van der Waals surface area contributed by atoms with Gasteiger partial charge in [-0.2, -0.15) is 0 Å². The number of carbonyl (C=O) groups is 3. The molecule has 0 heterocycles. The number of aliphatic hydroxyl groups is 4. The van der Waals surface area contributed by atoms with Crippen molar-refractivity contribution in [1.82, 2.24) is 0 Å². The number of carbonyl (C=O) groups excluding carboxylic acids is 3. The molecule has 0 amide bonds. The van der Waals surface area contributed by atoms with Crippen LogP contribution in [-0.4, -0.2) is 109 Å². The van der Waals surface area contributed by atoms with Crippen molar-refractivity contribution in [2.45, 2.75) is 179 Å². The minimum absolute atomic E-state index is 0.00128. The van der Waals surface area contributed by atoms with Crippen LogP contribution in [0.1, 0.15) is 136 Å². The zero-order valence-electron chi connectivity index (χ0n) is 39.7. The van der Waals surface area contributed by atoms with Crippen LogP contribution in [0.15, 0.2) is 97.2 Å². The van der Waals surface area contributed by atoms with Gasteiger partial charge in [0.15, 0.2) is 11.9 Å². The summed E-state index contributed by atoms with van der Waals surface area (Å²) in [5.74, 6) is -1.26. The van der Waals surface area contributed by atoms with Crippen LogP contribution in [0.2, 0.25) is 0 Å². The van der Waals surface area contributed by atoms with Crippen LogP contribution in [0.4, 0.5) is 0 Å². The molecule has 1 fully saturated rings. The first-order valence-electron chi connectivity index (χ1n) is 23.7. The van der Waals surface area contributed by atoms with Crippen LogP contribution in [0.5, 0.6) is 0 Å². The van der Waals surface area contributed by atoms with Crippen molar-refractivity contribution in [3.63, 3.8) is 0 Å². The molecule has 0 aromatic rings. The van der Waals surface area contributed by atoms with Gasteiger partial charge in [-0.05, 0) is 83.1 Å². The summed E-state index contributed by atoms with van der Waals surface area (Å²) in [5, 5.41) is 41.2. The van der Waals surface area contributed by atoms with Crippen molar-refractivity contribution in [2.24, 2.45) is 0 Å². The number of phosphoric acid groups is 2. The zero-order valence-corrected chi connectivity index (χ0v) is 41.5. The van der Waals surface area contributed by atoms with Gasteiger partial charge < -0.3 is 44.6 Å². The Morgan fingerprint density at radius 3 is 1.51 bits per heavy atom. The average Bonchev–Trinajstić information content (AvgIpc) is 3.29. The van der Waals surface area contributed by atoms with E-state index in [1.54, 1.807) is 12.2 Å². The number of ketones is 1. The Kier molecular flexibility index (Phi) is 35.3. The largest absolute Gasteiger partial charge is 0.472 e. The van der Waals surface area contributed by atoms with Gasteiger partial charge >= 0.3 is 27.6 Å². The van der Waals surface area contributed by atoms with E-state index in [0.29, 0.717) is 51.4 Å². The Balaban J connectivity index is 2.70. The van der Waals surface area contributed by atoms with Crippen LogP contribution in [0.25, 0.3) is 0 Å². The fourth-order valence-corrected chi connectivity index (χ4v) is 7.92. The number of esters is 2. The molecule has 0 aromatic carbocycles. The molecule has 0 saturated heterocycles. The first kappa shape index (κ1) is 62.6. The molecule has 5 unspecified atom stereocenters. The number of ether oxygens (including phenoxy) is 2. The molecule has 0 spiro atoms. The second-order valence-corrected chi connectivity index (χ2v) is 18.7. The second-order valence-electron chi connectivity index (χ2n) is 16.2. The Bertz CT molecular complexity index is 1750. The maximum atomic E-state index is 13.0. The molecule has 68 heavy (non-hydrogen) atoms. The van der Waals surface area contributed by atoms with E-state index < -0.39 is 83.5 Å². The van der Waals surface area contributed by atoms with Crippen molar-refractivity contribution in [3.05, 3.63) is 97.2 Å².